The van der Waals surface area contributed by atoms with Crippen molar-refractivity contribution in [3.8, 4) is 0 Å². The van der Waals surface area contributed by atoms with Gasteiger partial charge in [0.05, 0.1) is 0 Å². The zero-order valence-corrected chi connectivity index (χ0v) is 24.2. The van der Waals surface area contributed by atoms with E-state index in [1.54, 1.807) is 0 Å². The van der Waals surface area contributed by atoms with Crippen molar-refractivity contribution in [2.45, 2.75) is 90.6 Å². The van der Waals surface area contributed by atoms with Crippen molar-refractivity contribution in [1.29, 1.82) is 0 Å². The Morgan fingerprint density at radius 1 is 0.786 bits per heavy atom. The summed E-state index contributed by atoms with van der Waals surface area (Å²) in [5, 5.41) is 7.92. The smallest absolute Gasteiger partial charge is 0.407 e. The Morgan fingerprint density at radius 3 is 2.07 bits per heavy atom. The lowest BCUT2D eigenvalue weighted by Gasteiger charge is -2.45. The highest BCUT2D eigenvalue weighted by molar-refractivity contribution is 5.77. The van der Waals surface area contributed by atoms with E-state index in [0.717, 1.165) is 19.4 Å². The Labute approximate surface area is 244 Å². The minimum atomic E-state index is -1.26. The summed E-state index contributed by atoms with van der Waals surface area (Å²) in [7, 11) is 0. The number of hydrogen-bond donors (Lipinski definition) is 3. The van der Waals surface area contributed by atoms with Crippen LogP contribution in [0.5, 0.6) is 0 Å². The number of amides is 3. The van der Waals surface area contributed by atoms with Crippen LogP contribution in [-0.2, 0) is 54.3 Å². The van der Waals surface area contributed by atoms with Gasteiger partial charge in [-0.1, -0.05) is 36.8 Å². The van der Waals surface area contributed by atoms with Crippen LogP contribution in [0.4, 0.5) is 4.79 Å². The standard InChI is InChI=1S/C28H39N3O11/c1-17(32)30-24-26(41-20(4)35)25(40-19(3)34)22(16-38-18(2)33)42-27(24)31-23(36)13-9-6-10-14-29-28(37)39-15-21-11-7-5-8-12-21/h5,7-8,11-12,22,24-27H,6,9-10,13-16H2,1-4H3,(H,29,37)(H,30,32)(H,31,36). The predicted octanol–water partition coefficient (Wildman–Crippen LogP) is 1.25. The first-order valence-electron chi connectivity index (χ1n) is 13.6. The van der Waals surface area contributed by atoms with E-state index in [-0.39, 0.29) is 19.6 Å². The summed E-state index contributed by atoms with van der Waals surface area (Å²) < 4.78 is 26.9. The molecule has 3 amide bonds. The summed E-state index contributed by atoms with van der Waals surface area (Å²) >= 11 is 0. The van der Waals surface area contributed by atoms with Gasteiger partial charge in [-0.3, -0.25) is 24.0 Å². The van der Waals surface area contributed by atoms with Crippen molar-refractivity contribution in [1.82, 2.24) is 16.0 Å². The van der Waals surface area contributed by atoms with Gasteiger partial charge in [0.25, 0.3) is 0 Å². The molecule has 5 unspecified atom stereocenters. The number of carbonyl (C=O) groups excluding carboxylic acids is 6. The molecule has 232 valence electrons. The van der Waals surface area contributed by atoms with Crippen LogP contribution in [0.3, 0.4) is 0 Å². The summed E-state index contributed by atoms with van der Waals surface area (Å²) in [6, 6.07) is 8.16. The maximum absolute atomic E-state index is 12.8. The molecule has 0 bridgehead atoms. The second-order valence-corrected chi connectivity index (χ2v) is 9.64. The second kappa shape index (κ2) is 17.6. The Bertz CT molecular complexity index is 1080. The number of carbonyl (C=O) groups is 6. The molecule has 42 heavy (non-hydrogen) atoms. The Balaban J connectivity index is 1.93. The molecule has 14 nitrogen and oxygen atoms in total. The molecule has 0 aromatic heterocycles. The van der Waals surface area contributed by atoms with Crippen molar-refractivity contribution in [2.75, 3.05) is 13.2 Å². The largest absolute Gasteiger partial charge is 0.463 e. The molecule has 3 N–H and O–H groups in total. The van der Waals surface area contributed by atoms with E-state index in [4.69, 9.17) is 23.7 Å². The number of esters is 3. The molecule has 5 atom stereocenters. The van der Waals surface area contributed by atoms with Gasteiger partial charge < -0.3 is 39.6 Å². The molecular formula is C28H39N3O11. The Kier molecular flexibility index (Phi) is 14.2. The molecule has 1 fully saturated rings. The summed E-state index contributed by atoms with van der Waals surface area (Å²) in [5.74, 6) is -3.04. The van der Waals surface area contributed by atoms with E-state index in [0.29, 0.717) is 25.8 Å². The van der Waals surface area contributed by atoms with Crippen molar-refractivity contribution in [2.24, 2.45) is 0 Å². The lowest BCUT2D eigenvalue weighted by molar-refractivity contribution is -0.228. The molecular weight excluding hydrogens is 554 g/mol. The molecule has 0 aliphatic carbocycles. The topological polar surface area (TPSA) is 185 Å². The number of ether oxygens (including phenoxy) is 5. The third-order valence-corrected chi connectivity index (χ3v) is 5.98. The van der Waals surface area contributed by atoms with Crippen molar-refractivity contribution in [3.63, 3.8) is 0 Å². The fourth-order valence-electron chi connectivity index (χ4n) is 4.24. The van der Waals surface area contributed by atoms with Crippen LogP contribution in [0.1, 0.15) is 58.9 Å². The minimum Gasteiger partial charge on any atom is -0.463 e. The third-order valence-electron chi connectivity index (χ3n) is 5.98. The molecule has 1 aliphatic rings. The van der Waals surface area contributed by atoms with E-state index in [1.807, 2.05) is 30.3 Å². The highest BCUT2D eigenvalue weighted by Crippen LogP contribution is 2.26. The summed E-state index contributed by atoms with van der Waals surface area (Å²) in [6.45, 7) is 4.83. The van der Waals surface area contributed by atoms with E-state index in [1.165, 1.54) is 13.8 Å². The normalized spacial score (nSPS) is 21.3. The first-order chi connectivity index (χ1) is 20.0. The molecule has 1 aliphatic heterocycles. The summed E-state index contributed by atoms with van der Waals surface area (Å²) in [5.41, 5.74) is 0.875. The molecule has 1 aromatic rings. The number of unbranched alkanes of at least 4 members (excludes halogenated alkanes) is 2. The summed E-state index contributed by atoms with van der Waals surface area (Å²) in [6.07, 6.45) is -3.59. The molecule has 14 heteroatoms. The quantitative estimate of drug-likeness (QED) is 0.160. The van der Waals surface area contributed by atoms with Gasteiger partial charge in [-0.15, -0.1) is 0 Å². The SMILES string of the molecule is CC(=O)NC1C(NC(=O)CCCCCNC(=O)OCc2ccccc2)OC(COC(C)=O)C(OC(C)=O)C1OC(C)=O. The number of nitrogens with one attached hydrogen (secondary N) is 3. The van der Waals surface area contributed by atoms with Crippen LogP contribution in [0.15, 0.2) is 30.3 Å². The first-order valence-corrected chi connectivity index (χ1v) is 13.6. The van der Waals surface area contributed by atoms with Gasteiger partial charge in [0.1, 0.15) is 25.4 Å². The zero-order valence-electron chi connectivity index (χ0n) is 24.2. The molecule has 0 radical (unpaired) electrons. The van der Waals surface area contributed by atoms with Crippen LogP contribution in [0.2, 0.25) is 0 Å². The predicted molar refractivity (Wildman–Crippen MR) is 145 cm³/mol. The monoisotopic (exact) mass is 593 g/mol. The van der Waals surface area contributed by atoms with Gasteiger partial charge in [-0.25, -0.2) is 4.79 Å². The highest BCUT2D eigenvalue weighted by atomic mass is 16.6. The molecule has 0 spiro atoms. The third kappa shape index (κ3) is 12.5. The molecule has 1 heterocycles. The van der Waals surface area contributed by atoms with Crippen LogP contribution >= 0.6 is 0 Å². The minimum absolute atomic E-state index is 0.0886. The van der Waals surface area contributed by atoms with E-state index >= 15 is 0 Å². The lowest BCUT2D eigenvalue weighted by Crippen LogP contribution is -2.69. The number of hydrogen-bond acceptors (Lipinski definition) is 11. The van der Waals surface area contributed by atoms with Gasteiger partial charge >= 0.3 is 24.0 Å². The van der Waals surface area contributed by atoms with Crippen LogP contribution in [0.25, 0.3) is 0 Å². The Hall–Kier alpha value is -4.20. The average Bonchev–Trinajstić information content (AvgIpc) is 2.91. The van der Waals surface area contributed by atoms with Crippen LogP contribution in [0, 0.1) is 0 Å². The average molecular weight is 594 g/mol. The Morgan fingerprint density at radius 2 is 1.45 bits per heavy atom. The van der Waals surface area contributed by atoms with E-state index in [9.17, 15) is 28.8 Å². The molecule has 2 rings (SSSR count). The maximum Gasteiger partial charge on any atom is 0.407 e. The lowest BCUT2D eigenvalue weighted by atomic mass is 9.95. The molecule has 0 saturated carbocycles. The first kappa shape index (κ1) is 34.0. The van der Waals surface area contributed by atoms with Gasteiger partial charge in [0.2, 0.25) is 11.8 Å². The fraction of sp³-hybridized carbons (Fsp3) is 0.571. The highest BCUT2D eigenvalue weighted by Gasteiger charge is 2.51. The fourth-order valence-corrected chi connectivity index (χ4v) is 4.24. The van der Waals surface area contributed by atoms with E-state index in [2.05, 4.69) is 16.0 Å². The zero-order chi connectivity index (χ0) is 31.1. The van der Waals surface area contributed by atoms with Gasteiger partial charge in [0, 0.05) is 40.7 Å². The van der Waals surface area contributed by atoms with E-state index < -0.39 is 66.4 Å². The second-order valence-electron chi connectivity index (χ2n) is 9.64. The molecule has 1 aromatic carbocycles. The van der Waals surface area contributed by atoms with Crippen LogP contribution < -0.4 is 16.0 Å². The van der Waals surface area contributed by atoms with Gasteiger partial charge in [0.15, 0.2) is 18.4 Å². The van der Waals surface area contributed by atoms with Crippen molar-refractivity contribution < 1.29 is 52.5 Å². The number of benzene rings is 1. The van der Waals surface area contributed by atoms with Crippen LogP contribution in [-0.4, -0.2) is 79.5 Å². The maximum atomic E-state index is 12.8. The van der Waals surface area contributed by atoms with Crippen molar-refractivity contribution >= 4 is 35.8 Å². The van der Waals surface area contributed by atoms with Crippen molar-refractivity contribution in [3.05, 3.63) is 35.9 Å². The number of alkyl carbamates (subject to hydrolysis) is 1. The van der Waals surface area contributed by atoms with Gasteiger partial charge in [-0.05, 0) is 18.4 Å². The molecule has 1 saturated heterocycles. The summed E-state index contributed by atoms with van der Waals surface area (Å²) in [4.78, 5) is 71.8. The number of rotatable bonds is 14. The van der Waals surface area contributed by atoms with Gasteiger partial charge in [-0.2, -0.15) is 0 Å².